The van der Waals surface area contributed by atoms with Gasteiger partial charge >= 0.3 is 5.04 Å². The summed E-state index contributed by atoms with van der Waals surface area (Å²) < 4.78 is 24.9. The Morgan fingerprint density at radius 1 is 1.05 bits per heavy atom. The van der Waals surface area contributed by atoms with Gasteiger partial charge in [-0.1, -0.05) is 29.3 Å². The van der Waals surface area contributed by atoms with Crippen molar-refractivity contribution in [1.29, 1.82) is 0 Å². The van der Waals surface area contributed by atoms with Gasteiger partial charge in [-0.2, -0.15) is 4.79 Å². The van der Waals surface area contributed by atoms with Crippen molar-refractivity contribution in [3.63, 3.8) is 0 Å². The molecule has 0 aromatic heterocycles. The van der Waals surface area contributed by atoms with Gasteiger partial charge in [0.2, 0.25) is 0 Å². The predicted octanol–water partition coefficient (Wildman–Crippen LogP) is 3.10. The van der Waals surface area contributed by atoms with Crippen LogP contribution in [0.25, 0.3) is 5.53 Å². The van der Waals surface area contributed by atoms with Crippen LogP contribution in [-0.2, 0) is 9.84 Å². The Kier molecular flexibility index (Phi) is 4.04. The highest BCUT2D eigenvalue weighted by Gasteiger charge is 2.31. The molecule has 0 unspecified atom stereocenters. The van der Waals surface area contributed by atoms with Gasteiger partial charge in [-0.05, 0) is 43.3 Å². The van der Waals surface area contributed by atoms with Crippen molar-refractivity contribution in [3.8, 4) is 0 Å². The molecule has 0 radical (unpaired) electrons. The van der Waals surface area contributed by atoms with Crippen molar-refractivity contribution in [2.45, 2.75) is 11.8 Å². The fraction of sp³-hybridized carbons (Fsp3) is 0.0714. The molecule has 0 spiro atoms. The summed E-state index contributed by atoms with van der Waals surface area (Å²) in [5.41, 5.74) is 10.3. The van der Waals surface area contributed by atoms with Crippen molar-refractivity contribution in [1.82, 2.24) is 0 Å². The van der Waals surface area contributed by atoms with Crippen molar-refractivity contribution in [2.75, 3.05) is 0 Å². The highest BCUT2D eigenvalue weighted by atomic mass is 35.5. The lowest BCUT2D eigenvalue weighted by molar-refractivity contribution is 0.000605. The second-order valence-electron chi connectivity index (χ2n) is 4.23. The maximum absolute atomic E-state index is 12.4. The molecule has 0 N–H and O–H groups in total. The predicted molar refractivity (Wildman–Crippen MR) is 77.5 cm³/mol. The second kappa shape index (κ2) is 5.59. The summed E-state index contributed by atoms with van der Waals surface area (Å²) in [6.07, 6.45) is 0. The van der Waals surface area contributed by atoms with Gasteiger partial charge in [0.1, 0.15) is 0 Å². The first-order valence-electron chi connectivity index (χ1n) is 5.75. The zero-order chi connectivity index (χ0) is 14.8. The molecule has 2 aromatic rings. The highest BCUT2D eigenvalue weighted by Crippen LogP contribution is 2.18. The zero-order valence-corrected chi connectivity index (χ0v) is 12.2. The molecule has 102 valence electrons. The minimum atomic E-state index is -3.88. The molecule has 0 amide bonds. The molecule has 0 fully saturated rings. The lowest BCUT2D eigenvalue weighted by atomic mass is 10.2. The third-order valence-corrected chi connectivity index (χ3v) is 4.74. The van der Waals surface area contributed by atoms with Crippen LogP contribution in [0.2, 0.25) is 5.02 Å². The van der Waals surface area contributed by atoms with Gasteiger partial charge in [0.15, 0.2) is 0 Å². The van der Waals surface area contributed by atoms with Gasteiger partial charge in [0.25, 0.3) is 9.84 Å². The Balaban J connectivity index is 2.54. The van der Waals surface area contributed by atoms with Crippen molar-refractivity contribution < 1.29 is 13.2 Å². The van der Waals surface area contributed by atoms with E-state index in [1.54, 1.807) is 12.1 Å². The minimum Gasteiger partial charge on any atom is -0.360 e. The molecule has 2 rings (SSSR count). The van der Waals surface area contributed by atoms with Gasteiger partial charge in [0.05, 0.1) is 10.5 Å². The van der Waals surface area contributed by atoms with Crippen LogP contribution in [0.5, 0.6) is 0 Å². The molecule has 0 heterocycles. The lowest BCUT2D eigenvalue weighted by Crippen LogP contribution is -2.17. The van der Waals surface area contributed by atoms with Crippen LogP contribution in [0, 0.1) is 6.92 Å². The second-order valence-corrected chi connectivity index (χ2v) is 6.53. The van der Waals surface area contributed by atoms with Gasteiger partial charge < -0.3 is 5.53 Å². The van der Waals surface area contributed by atoms with Crippen LogP contribution in [0.15, 0.2) is 53.4 Å². The SMILES string of the molecule is Cc1ccc(S(=O)(=O)C(=[N+]=[N-])c2ccc(Cl)cc2)cc1. The summed E-state index contributed by atoms with van der Waals surface area (Å²) in [5.74, 6) is 0. The molecule has 20 heavy (non-hydrogen) atoms. The molecule has 2 aromatic carbocycles. The van der Waals surface area contributed by atoms with E-state index in [2.05, 4.69) is 4.79 Å². The molecule has 0 aliphatic carbocycles. The Morgan fingerprint density at radius 2 is 1.60 bits per heavy atom. The Bertz CT molecular complexity index is 775. The Labute approximate surface area is 122 Å². The standard InChI is InChI=1S/C14H11ClN2O2S/c1-10-2-8-13(9-3-10)20(18,19)14(17-16)11-4-6-12(15)7-5-11/h2-9H,1H3. The van der Waals surface area contributed by atoms with Crippen LogP contribution in [0.4, 0.5) is 0 Å². The van der Waals surface area contributed by atoms with Gasteiger partial charge in [-0.25, -0.2) is 8.42 Å². The number of hydrogen-bond acceptors (Lipinski definition) is 2. The summed E-state index contributed by atoms with van der Waals surface area (Å²) in [5, 5.41) is 0.0665. The van der Waals surface area contributed by atoms with E-state index in [4.69, 9.17) is 17.1 Å². The fourth-order valence-electron chi connectivity index (χ4n) is 1.69. The molecule has 0 atom stereocenters. The van der Waals surface area contributed by atoms with E-state index in [0.717, 1.165) is 5.56 Å². The molecule has 0 bridgehead atoms. The summed E-state index contributed by atoms with van der Waals surface area (Å²) in [4.78, 5) is 3.02. The Hall–Kier alpha value is -1.94. The number of hydrogen-bond donors (Lipinski definition) is 0. The molecule has 0 saturated heterocycles. The smallest absolute Gasteiger partial charge is 0.360 e. The van der Waals surface area contributed by atoms with Gasteiger partial charge in [-0.3, -0.25) is 0 Å². The summed E-state index contributed by atoms with van der Waals surface area (Å²) in [6, 6.07) is 12.4. The van der Waals surface area contributed by atoms with Crippen molar-refractivity contribution >= 4 is 26.5 Å². The molecule has 4 nitrogen and oxygen atoms in total. The van der Waals surface area contributed by atoms with Crippen LogP contribution in [0.1, 0.15) is 11.1 Å². The van der Waals surface area contributed by atoms with Crippen LogP contribution < -0.4 is 0 Å². The topological polar surface area (TPSA) is 70.5 Å². The van der Waals surface area contributed by atoms with Crippen molar-refractivity contribution in [3.05, 3.63) is 70.2 Å². The molecular formula is C14H11ClN2O2S. The van der Waals surface area contributed by atoms with Crippen LogP contribution in [-0.4, -0.2) is 18.3 Å². The highest BCUT2D eigenvalue weighted by molar-refractivity contribution is 8.06. The maximum atomic E-state index is 12.4. The molecule has 6 heteroatoms. The third-order valence-electron chi connectivity index (χ3n) is 2.77. The number of benzene rings is 2. The fourth-order valence-corrected chi connectivity index (χ4v) is 3.09. The third kappa shape index (κ3) is 2.80. The monoisotopic (exact) mass is 306 g/mol. The van der Waals surface area contributed by atoms with E-state index < -0.39 is 14.9 Å². The number of rotatable bonds is 2. The zero-order valence-electron chi connectivity index (χ0n) is 10.6. The summed E-state index contributed by atoms with van der Waals surface area (Å²) in [6.45, 7) is 1.86. The minimum absolute atomic E-state index is 0.0749. The first kappa shape index (κ1) is 14.5. The normalized spacial score (nSPS) is 10.9. The van der Waals surface area contributed by atoms with Crippen LogP contribution >= 0.6 is 11.6 Å². The van der Waals surface area contributed by atoms with E-state index in [-0.39, 0.29) is 10.5 Å². The molecule has 0 aliphatic heterocycles. The van der Waals surface area contributed by atoms with Gasteiger partial charge in [-0.15, -0.1) is 0 Å². The van der Waals surface area contributed by atoms with Crippen LogP contribution in [0.3, 0.4) is 0 Å². The number of halogens is 1. The molecule has 0 saturated carbocycles. The van der Waals surface area contributed by atoms with E-state index in [0.29, 0.717) is 5.02 Å². The molecule has 0 aliphatic rings. The van der Waals surface area contributed by atoms with E-state index >= 15 is 0 Å². The number of sulfone groups is 1. The summed E-state index contributed by atoms with van der Waals surface area (Å²) >= 11 is 5.76. The Morgan fingerprint density at radius 3 is 2.10 bits per heavy atom. The largest absolute Gasteiger partial charge is 0.416 e. The van der Waals surface area contributed by atoms with E-state index in [1.165, 1.54) is 36.4 Å². The maximum Gasteiger partial charge on any atom is 0.416 e. The average molecular weight is 307 g/mol. The first-order chi connectivity index (χ1) is 9.45. The summed E-state index contributed by atoms with van der Waals surface area (Å²) in [7, 11) is -3.88. The number of nitrogens with zero attached hydrogens (tertiary/aromatic N) is 2. The average Bonchev–Trinajstić information content (AvgIpc) is 2.42. The van der Waals surface area contributed by atoms with E-state index in [9.17, 15) is 8.42 Å². The first-order valence-corrected chi connectivity index (χ1v) is 7.61. The quantitative estimate of drug-likeness (QED) is 0.370. The number of aryl methyl sites for hydroxylation is 1. The van der Waals surface area contributed by atoms with Crippen molar-refractivity contribution in [2.24, 2.45) is 0 Å². The lowest BCUT2D eigenvalue weighted by Gasteiger charge is -2.01. The van der Waals surface area contributed by atoms with Gasteiger partial charge in [0, 0.05) is 5.02 Å². The van der Waals surface area contributed by atoms with E-state index in [1.807, 2.05) is 6.92 Å². The molecular weight excluding hydrogens is 296 g/mol.